The third kappa shape index (κ3) is 5.26. The van der Waals surface area contributed by atoms with Gasteiger partial charge in [-0.2, -0.15) is 0 Å². The van der Waals surface area contributed by atoms with Gasteiger partial charge in [0.25, 0.3) is 0 Å². The third-order valence-electron chi connectivity index (χ3n) is 2.77. The Morgan fingerprint density at radius 2 is 1.75 bits per heavy atom. The molecule has 1 rings (SSSR count). The lowest BCUT2D eigenvalue weighted by molar-refractivity contribution is 0.326. The largest absolute Gasteiger partial charge is 0.306 e. The van der Waals surface area contributed by atoms with E-state index in [1.165, 1.54) is 31.4 Å². The summed E-state index contributed by atoms with van der Waals surface area (Å²) in [4.78, 5) is 2.37. The van der Waals surface area contributed by atoms with Crippen molar-refractivity contribution in [3.05, 3.63) is 35.6 Å². The molecular weight excluding hydrogens is 201 g/mol. The van der Waals surface area contributed by atoms with Crippen LogP contribution in [0.25, 0.3) is 0 Å². The lowest BCUT2D eigenvalue weighted by atomic mass is 10.1. The van der Waals surface area contributed by atoms with Crippen LogP contribution in [0.2, 0.25) is 0 Å². The lowest BCUT2D eigenvalue weighted by Gasteiger charge is -2.14. The maximum Gasteiger partial charge on any atom is 0.123 e. The van der Waals surface area contributed by atoms with E-state index in [0.29, 0.717) is 0 Å². The molecule has 1 aromatic rings. The van der Waals surface area contributed by atoms with Crippen molar-refractivity contribution in [2.45, 2.75) is 32.6 Å². The predicted octanol–water partition coefficient (Wildman–Crippen LogP) is 3.49. The highest BCUT2D eigenvalue weighted by Gasteiger charge is 1.97. The van der Waals surface area contributed by atoms with E-state index in [0.717, 1.165) is 13.0 Å². The second-order valence-corrected chi connectivity index (χ2v) is 4.39. The molecule has 0 spiro atoms. The van der Waals surface area contributed by atoms with Crippen LogP contribution in [0.3, 0.4) is 0 Å². The first-order valence-electron chi connectivity index (χ1n) is 6.15. The summed E-state index contributed by atoms with van der Waals surface area (Å²) in [6, 6.07) is 6.84. The monoisotopic (exact) mass is 223 g/mol. The Hall–Kier alpha value is -0.890. The van der Waals surface area contributed by atoms with Gasteiger partial charge in [-0.15, -0.1) is 0 Å². The van der Waals surface area contributed by atoms with Crippen LogP contribution in [-0.2, 0) is 6.42 Å². The van der Waals surface area contributed by atoms with E-state index >= 15 is 0 Å². The summed E-state index contributed by atoms with van der Waals surface area (Å²) in [5, 5.41) is 0. The molecule has 0 N–H and O–H groups in total. The molecule has 0 aromatic heterocycles. The molecule has 0 amide bonds. The average Bonchev–Trinajstić information content (AvgIpc) is 2.27. The molecule has 0 saturated carbocycles. The van der Waals surface area contributed by atoms with E-state index < -0.39 is 0 Å². The van der Waals surface area contributed by atoms with Gasteiger partial charge in [0.2, 0.25) is 0 Å². The molecule has 16 heavy (non-hydrogen) atoms. The third-order valence-corrected chi connectivity index (χ3v) is 2.77. The van der Waals surface area contributed by atoms with Crippen LogP contribution in [0, 0.1) is 5.82 Å². The predicted molar refractivity (Wildman–Crippen MR) is 67.1 cm³/mol. The highest BCUT2D eigenvalue weighted by atomic mass is 19.1. The summed E-state index contributed by atoms with van der Waals surface area (Å²) in [7, 11) is 2.17. The van der Waals surface area contributed by atoms with E-state index in [-0.39, 0.29) is 5.82 Å². The van der Waals surface area contributed by atoms with Gasteiger partial charge in [0, 0.05) is 0 Å². The Kier molecular flexibility index (Phi) is 6.09. The van der Waals surface area contributed by atoms with Gasteiger partial charge in [-0.25, -0.2) is 4.39 Å². The van der Waals surface area contributed by atoms with Crippen LogP contribution in [0.1, 0.15) is 31.7 Å². The smallest absolute Gasteiger partial charge is 0.123 e. The van der Waals surface area contributed by atoms with E-state index in [9.17, 15) is 4.39 Å². The summed E-state index contributed by atoms with van der Waals surface area (Å²) in [6.07, 6.45) is 4.67. The summed E-state index contributed by atoms with van der Waals surface area (Å²) < 4.78 is 12.7. The normalized spacial score (nSPS) is 11.0. The van der Waals surface area contributed by atoms with Crippen molar-refractivity contribution >= 4 is 0 Å². The molecular formula is C14H22FN. The zero-order valence-electron chi connectivity index (χ0n) is 10.4. The maximum atomic E-state index is 12.7. The number of nitrogens with zero attached hydrogens (tertiary/aromatic N) is 1. The Balaban J connectivity index is 2.13. The molecule has 1 aromatic carbocycles. The minimum Gasteiger partial charge on any atom is -0.306 e. The first-order chi connectivity index (χ1) is 7.72. The molecule has 0 fully saturated rings. The molecule has 0 heterocycles. The van der Waals surface area contributed by atoms with Gasteiger partial charge in [0.1, 0.15) is 5.82 Å². The topological polar surface area (TPSA) is 3.24 Å². The standard InChI is InChI=1S/C14H22FN/c1-3-11-16(2)12-5-4-6-13-7-9-14(15)10-8-13/h7-10H,3-6,11-12H2,1-2H3. The van der Waals surface area contributed by atoms with E-state index in [1.807, 2.05) is 12.1 Å². The van der Waals surface area contributed by atoms with Gasteiger partial charge in [-0.3, -0.25) is 0 Å². The van der Waals surface area contributed by atoms with Crippen molar-refractivity contribution in [1.29, 1.82) is 0 Å². The van der Waals surface area contributed by atoms with Gasteiger partial charge >= 0.3 is 0 Å². The highest BCUT2D eigenvalue weighted by Crippen LogP contribution is 2.07. The Bertz CT molecular complexity index is 281. The molecule has 0 bridgehead atoms. The molecule has 2 heteroatoms. The number of aryl methyl sites for hydroxylation is 1. The average molecular weight is 223 g/mol. The van der Waals surface area contributed by atoms with Crippen LogP contribution in [0.4, 0.5) is 4.39 Å². The minimum atomic E-state index is -0.147. The van der Waals surface area contributed by atoms with Crippen LogP contribution in [0.5, 0.6) is 0 Å². The molecule has 0 saturated heterocycles. The number of benzene rings is 1. The van der Waals surface area contributed by atoms with E-state index in [2.05, 4.69) is 18.9 Å². The Labute approximate surface area is 98.3 Å². The quantitative estimate of drug-likeness (QED) is 0.640. The van der Waals surface area contributed by atoms with Crippen molar-refractivity contribution in [2.75, 3.05) is 20.1 Å². The van der Waals surface area contributed by atoms with Gasteiger partial charge in [0.05, 0.1) is 0 Å². The zero-order chi connectivity index (χ0) is 11.8. The van der Waals surface area contributed by atoms with Gasteiger partial charge in [-0.1, -0.05) is 19.1 Å². The number of unbranched alkanes of at least 4 members (excludes halogenated alkanes) is 1. The molecule has 90 valence electrons. The van der Waals surface area contributed by atoms with Gasteiger partial charge in [0.15, 0.2) is 0 Å². The first-order valence-corrected chi connectivity index (χ1v) is 6.15. The SMILES string of the molecule is CCCN(C)CCCCc1ccc(F)cc1. The fourth-order valence-corrected chi connectivity index (χ4v) is 1.86. The van der Waals surface area contributed by atoms with Crippen molar-refractivity contribution in [1.82, 2.24) is 4.90 Å². The molecule has 0 atom stereocenters. The molecule has 0 radical (unpaired) electrons. The maximum absolute atomic E-state index is 12.7. The highest BCUT2D eigenvalue weighted by molar-refractivity contribution is 5.15. The number of hydrogen-bond acceptors (Lipinski definition) is 1. The van der Waals surface area contributed by atoms with E-state index in [1.54, 1.807) is 12.1 Å². The Morgan fingerprint density at radius 3 is 2.38 bits per heavy atom. The van der Waals surface area contributed by atoms with Gasteiger partial charge in [-0.05, 0) is 63.5 Å². The van der Waals surface area contributed by atoms with Crippen molar-refractivity contribution in [3.8, 4) is 0 Å². The summed E-state index contributed by atoms with van der Waals surface area (Å²) >= 11 is 0. The number of rotatable bonds is 7. The fourth-order valence-electron chi connectivity index (χ4n) is 1.86. The second-order valence-electron chi connectivity index (χ2n) is 4.39. The first kappa shape index (κ1) is 13.2. The zero-order valence-corrected chi connectivity index (χ0v) is 10.4. The van der Waals surface area contributed by atoms with Crippen LogP contribution in [-0.4, -0.2) is 25.0 Å². The lowest BCUT2D eigenvalue weighted by Crippen LogP contribution is -2.20. The fraction of sp³-hybridized carbons (Fsp3) is 0.571. The molecule has 0 aliphatic rings. The van der Waals surface area contributed by atoms with Crippen LogP contribution < -0.4 is 0 Å². The molecule has 1 nitrogen and oxygen atoms in total. The van der Waals surface area contributed by atoms with Crippen LogP contribution >= 0.6 is 0 Å². The second kappa shape index (κ2) is 7.39. The Morgan fingerprint density at radius 1 is 1.06 bits per heavy atom. The van der Waals surface area contributed by atoms with Crippen molar-refractivity contribution < 1.29 is 4.39 Å². The van der Waals surface area contributed by atoms with E-state index in [4.69, 9.17) is 0 Å². The van der Waals surface area contributed by atoms with Crippen molar-refractivity contribution in [3.63, 3.8) is 0 Å². The molecule has 0 aliphatic heterocycles. The number of hydrogen-bond donors (Lipinski definition) is 0. The number of halogens is 1. The summed E-state index contributed by atoms with van der Waals surface area (Å²) in [6.45, 7) is 4.54. The van der Waals surface area contributed by atoms with Crippen molar-refractivity contribution in [2.24, 2.45) is 0 Å². The summed E-state index contributed by atoms with van der Waals surface area (Å²) in [5.74, 6) is -0.147. The molecule has 0 unspecified atom stereocenters. The molecule has 0 aliphatic carbocycles. The van der Waals surface area contributed by atoms with Gasteiger partial charge < -0.3 is 4.90 Å². The van der Waals surface area contributed by atoms with Crippen LogP contribution in [0.15, 0.2) is 24.3 Å². The summed E-state index contributed by atoms with van der Waals surface area (Å²) in [5.41, 5.74) is 1.24. The minimum absolute atomic E-state index is 0.147.